The molecule has 0 saturated carbocycles. The van der Waals surface area contributed by atoms with Crippen LogP contribution in [-0.2, 0) is 4.79 Å². The van der Waals surface area contributed by atoms with Gasteiger partial charge in [0.15, 0.2) is 6.04 Å². The number of hydrogen-bond donors (Lipinski definition) is 1. The average molecular weight is 278 g/mol. The molecule has 0 aromatic heterocycles. The van der Waals surface area contributed by atoms with Crippen molar-refractivity contribution in [2.75, 3.05) is 11.9 Å². The molecule has 0 fully saturated rings. The molecule has 3 nitrogen and oxygen atoms in total. The van der Waals surface area contributed by atoms with E-state index in [0.29, 0.717) is 0 Å². The summed E-state index contributed by atoms with van der Waals surface area (Å²) in [4.78, 5) is 13.2. The van der Waals surface area contributed by atoms with Crippen molar-refractivity contribution < 1.29 is 9.90 Å². The quantitative estimate of drug-likeness (QED) is 0.931. The lowest BCUT2D eigenvalue weighted by atomic mass is 10.1. The van der Waals surface area contributed by atoms with E-state index in [1.165, 1.54) is 0 Å². The number of para-hydroxylation sites is 1. The maximum atomic E-state index is 11.5. The highest BCUT2D eigenvalue weighted by Gasteiger charge is 2.24. The first-order valence-electron chi connectivity index (χ1n) is 5.76. The van der Waals surface area contributed by atoms with Crippen LogP contribution in [0.4, 0.5) is 5.69 Å². The lowest BCUT2D eigenvalue weighted by Crippen LogP contribution is -2.30. The van der Waals surface area contributed by atoms with Crippen LogP contribution >= 0.6 is 12.4 Å². The molecule has 0 unspecified atom stereocenters. The summed E-state index contributed by atoms with van der Waals surface area (Å²) < 4.78 is 0. The lowest BCUT2D eigenvalue weighted by molar-refractivity contribution is -0.138. The second kappa shape index (κ2) is 6.81. The van der Waals surface area contributed by atoms with Crippen molar-refractivity contribution >= 4 is 24.1 Å². The van der Waals surface area contributed by atoms with E-state index < -0.39 is 12.0 Å². The van der Waals surface area contributed by atoms with E-state index in [1.807, 2.05) is 60.7 Å². The Bertz CT molecular complexity index is 516. The molecule has 0 bridgehead atoms. The summed E-state index contributed by atoms with van der Waals surface area (Å²) in [6.07, 6.45) is 0. The van der Waals surface area contributed by atoms with E-state index in [1.54, 1.807) is 11.9 Å². The largest absolute Gasteiger partial charge is 0.479 e. The summed E-state index contributed by atoms with van der Waals surface area (Å²) in [6.45, 7) is 0. The van der Waals surface area contributed by atoms with Crippen molar-refractivity contribution in [2.24, 2.45) is 0 Å². The van der Waals surface area contributed by atoms with Gasteiger partial charge in [-0.2, -0.15) is 0 Å². The number of carboxylic acids is 1. The molecule has 1 atom stereocenters. The number of nitrogens with zero attached hydrogens (tertiary/aromatic N) is 1. The molecule has 2 aromatic rings. The summed E-state index contributed by atoms with van der Waals surface area (Å²) >= 11 is 0. The smallest absolute Gasteiger partial charge is 0.331 e. The fourth-order valence-electron chi connectivity index (χ4n) is 1.98. The van der Waals surface area contributed by atoms with Gasteiger partial charge in [-0.15, -0.1) is 12.4 Å². The summed E-state index contributed by atoms with van der Waals surface area (Å²) in [6, 6.07) is 18.1. The third-order valence-electron chi connectivity index (χ3n) is 2.90. The van der Waals surface area contributed by atoms with E-state index in [-0.39, 0.29) is 12.4 Å². The molecule has 0 amide bonds. The van der Waals surface area contributed by atoms with E-state index in [4.69, 9.17) is 0 Å². The van der Waals surface area contributed by atoms with Crippen molar-refractivity contribution in [2.45, 2.75) is 6.04 Å². The maximum Gasteiger partial charge on any atom is 0.331 e. The van der Waals surface area contributed by atoms with E-state index in [2.05, 4.69) is 0 Å². The fourth-order valence-corrected chi connectivity index (χ4v) is 1.98. The number of likely N-dealkylation sites (N-methyl/N-ethyl adjacent to an activating group) is 1. The van der Waals surface area contributed by atoms with E-state index >= 15 is 0 Å². The Balaban J connectivity index is 0.00000180. The fraction of sp³-hybridized carbons (Fsp3) is 0.133. The standard InChI is InChI=1S/C15H15NO2.ClH/c1-16(13-10-6-3-7-11-13)14(15(17)18)12-8-4-2-5-9-12;/h2-11,14H,1H3,(H,17,18);1H/t14-;/m1./s1. The molecule has 2 rings (SSSR count). The highest BCUT2D eigenvalue weighted by molar-refractivity contribution is 5.85. The second-order valence-electron chi connectivity index (χ2n) is 4.10. The predicted octanol–water partition coefficient (Wildman–Crippen LogP) is 3.37. The molecule has 2 aromatic carbocycles. The van der Waals surface area contributed by atoms with Crippen LogP contribution in [0.1, 0.15) is 11.6 Å². The molecule has 0 radical (unpaired) electrons. The Labute approximate surface area is 118 Å². The van der Waals surface area contributed by atoms with Gasteiger partial charge in [-0.3, -0.25) is 0 Å². The number of carbonyl (C=O) groups is 1. The van der Waals surface area contributed by atoms with Gasteiger partial charge in [-0.1, -0.05) is 48.5 Å². The Kier molecular flexibility index (Phi) is 5.39. The van der Waals surface area contributed by atoms with Crippen molar-refractivity contribution in [3.05, 3.63) is 66.2 Å². The van der Waals surface area contributed by atoms with Crippen LogP contribution in [0.15, 0.2) is 60.7 Å². The van der Waals surface area contributed by atoms with Crippen LogP contribution in [0.5, 0.6) is 0 Å². The van der Waals surface area contributed by atoms with Gasteiger partial charge < -0.3 is 10.0 Å². The third kappa shape index (κ3) is 3.48. The van der Waals surface area contributed by atoms with Crippen molar-refractivity contribution in [1.82, 2.24) is 0 Å². The van der Waals surface area contributed by atoms with Crippen molar-refractivity contribution in [1.29, 1.82) is 0 Å². The minimum atomic E-state index is -0.854. The van der Waals surface area contributed by atoms with Gasteiger partial charge >= 0.3 is 5.97 Å². The van der Waals surface area contributed by atoms with Gasteiger partial charge in [-0.05, 0) is 17.7 Å². The number of halogens is 1. The zero-order valence-electron chi connectivity index (χ0n) is 10.6. The Morgan fingerprint density at radius 3 is 1.95 bits per heavy atom. The van der Waals surface area contributed by atoms with Crippen molar-refractivity contribution in [3.8, 4) is 0 Å². The summed E-state index contributed by atoms with van der Waals surface area (Å²) in [5, 5.41) is 9.42. The molecule has 100 valence electrons. The monoisotopic (exact) mass is 277 g/mol. The Hall–Kier alpha value is -2.00. The predicted molar refractivity (Wildman–Crippen MR) is 78.9 cm³/mol. The second-order valence-corrected chi connectivity index (χ2v) is 4.10. The molecule has 0 aliphatic carbocycles. The number of aliphatic carboxylic acids is 1. The summed E-state index contributed by atoms with van der Waals surface area (Å²) in [5.41, 5.74) is 1.66. The van der Waals surface area contributed by atoms with Crippen LogP contribution in [0.2, 0.25) is 0 Å². The summed E-state index contributed by atoms with van der Waals surface area (Å²) in [7, 11) is 1.79. The minimum absolute atomic E-state index is 0. The minimum Gasteiger partial charge on any atom is -0.479 e. The average Bonchev–Trinajstić information content (AvgIpc) is 2.40. The first-order valence-corrected chi connectivity index (χ1v) is 5.76. The first kappa shape index (κ1) is 15.1. The van der Waals surface area contributed by atoms with Crippen LogP contribution in [0.25, 0.3) is 0 Å². The van der Waals surface area contributed by atoms with Gasteiger partial charge in [0.2, 0.25) is 0 Å². The number of rotatable bonds is 4. The molecule has 1 N–H and O–H groups in total. The molecular formula is C15H16ClNO2. The van der Waals surface area contributed by atoms with Gasteiger partial charge in [-0.25, -0.2) is 4.79 Å². The molecule has 0 aliphatic rings. The number of hydrogen-bond acceptors (Lipinski definition) is 2. The molecule has 4 heteroatoms. The zero-order chi connectivity index (χ0) is 13.0. The highest BCUT2D eigenvalue weighted by Crippen LogP contribution is 2.25. The van der Waals surface area contributed by atoms with E-state index in [0.717, 1.165) is 11.3 Å². The number of benzene rings is 2. The van der Waals surface area contributed by atoms with Crippen LogP contribution in [0.3, 0.4) is 0 Å². The third-order valence-corrected chi connectivity index (χ3v) is 2.90. The van der Waals surface area contributed by atoms with Crippen LogP contribution in [-0.4, -0.2) is 18.1 Å². The molecule has 0 spiro atoms. The SMILES string of the molecule is CN(c1ccccc1)[C@@H](C(=O)O)c1ccccc1.Cl. The van der Waals surface area contributed by atoms with Gasteiger partial charge in [0.1, 0.15) is 0 Å². The Morgan fingerprint density at radius 1 is 1.00 bits per heavy atom. The Morgan fingerprint density at radius 2 is 1.47 bits per heavy atom. The first-order chi connectivity index (χ1) is 8.70. The summed E-state index contributed by atoms with van der Waals surface area (Å²) in [5.74, 6) is -0.854. The van der Waals surface area contributed by atoms with Crippen LogP contribution in [0, 0.1) is 0 Å². The topological polar surface area (TPSA) is 40.5 Å². The molecule has 19 heavy (non-hydrogen) atoms. The number of anilines is 1. The molecule has 0 aliphatic heterocycles. The van der Waals surface area contributed by atoms with E-state index in [9.17, 15) is 9.90 Å². The molecular weight excluding hydrogens is 262 g/mol. The highest BCUT2D eigenvalue weighted by atomic mass is 35.5. The van der Waals surface area contributed by atoms with Crippen molar-refractivity contribution in [3.63, 3.8) is 0 Å². The van der Waals surface area contributed by atoms with Gasteiger partial charge in [0, 0.05) is 12.7 Å². The number of carboxylic acid groups (broad SMARTS) is 1. The van der Waals surface area contributed by atoms with Gasteiger partial charge in [0.25, 0.3) is 0 Å². The lowest BCUT2D eigenvalue weighted by Gasteiger charge is -2.27. The zero-order valence-corrected chi connectivity index (χ0v) is 11.4. The van der Waals surface area contributed by atoms with Gasteiger partial charge in [0.05, 0.1) is 0 Å². The molecule has 0 heterocycles. The molecule has 0 saturated heterocycles. The maximum absolute atomic E-state index is 11.5. The normalized spacial score (nSPS) is 11.2. The van der Waals surface area contributed by atoms with Crippen LogP contribution < -0.4 is 4.90 Å².